The van der Waals surface area contributed by atoms with Gasteiger partial charge in [0.1, 0.15) is 0 Å². The molecule has 0 aliphatic carbocycles. The van der Waals surface area contributed by atoms with Crippen LogP contribution >= 0.6 is 0 Å². The molecular weight excluding hydrogens is 315 g/mol. The minimum Gasteiger partial charge on any atom is -0.103 e. The van der Waals surface area contributed by atoms with E-state index in [1.807, 2.05) is 0 Å². The molecular formula is C24H45Al. The third kappa shape index (κ3) is 19.9. The summed E-state index contributed by atoms with van der Waals surface area (Å²) < 4.78 is 0. The van der Waals surface area contributed by atoms with E-state index < -0.39 is 14.1 Å². The average Bonchev–Trinajstić information content (AvgIpc) is 2.63. The first-order valence-corrected chi connectivity index (χ1v) is 13.6. The van der Waals surface area contributed by atoms with Crippen molar-refractivity contribution < 1.29 is 0 Å². The molecule has 0 heterocycles. The maximum atomic E-state index is 3.82. The summed E-state index contributed by atoms with van der Waals surface area (Å²) in [5.74, 6) is 0. The normalized spacial score (nSPS) is 10.6. The molecule has 0 aliphatic rings. The molecule has 0 amide bonds. The van der Waals surface area contributed by atoms with Crippen LogP contribution in [0.15, 0.2) is 38.0 Å². The fraction of sp³-hybridized carbons (Fsp3) is 0.750. The molecule has 0 spiro atoms. The Kier molecular flexibility index (Phi) is 21.6. The Morgan fingerprint density at radius 2 is 0.680 bits per heavy atom. The van der Waals surface area contributed by atoms with E-state index in [2.05, 4.69) is 38.0 Å². The lowest BCUT2D eigenvalue weighted by molar-refractivity contribution is 0.651. The standard InChI is InChI=1S/3C8H15.Al/c3*1-3-5-7-8-6-4-2;/h3*3H,1-2,4-8H2;. The molecule has 25 heavy (non-hydrogen) atoms. The molecule has 0 aromatic carbocycles. The molecule has 0 bridgehead atoms. The first-order chi connectivity index (χ1) is 12.3. The summed E-state index contributed by atoms with van der Waals surface area (Å²) in [4.78, 5) is 0. The highest BCUT2D eigenvalue weighted by Crippen LogP contribution is 2.20. The van der Waals surface area contributed by atoms with E-state index >= 15 is 0 Å². The molecule has 0 nitrogen and oxygen atoms in total. The van der Waals surface area contributed by atoms with Gasteiger partial charge in [0.05, 0.1) is 0 Å². The monoisotopic (exact) mass is 360 g/mol. The molecule has 0 aliphatic heterocycles. The highest BCUT2D eigenvalue weighted by Gasteiger charge is 2.15. The zero-order chi connectivity index (χ0) is 18.4. The summed E-state index contributed by atoms with van der Waals surface area (Å²) in [5.41, 5.74) is 0. The summed E-state index contributed by atoms with van der Waals surface area (Å²) in [5, 5.41) is 4.81. The van der Waals surface area contributed by atoms with Crippen molar-refractivity contribution in [3.63, 3.8) is 0 Å². The maximum Gasteiger partial charge on any atom is 0.261 e. The SMILES string of the molecule is C=CCCCCC[CH2][Al]([CH2]CCCCCC=C)[CH2]CCCCCC=C. The summed E-state index contributed by atoms with van der Waals surface area (Å²) in [7, 11) is 0. The van der Waals surface area contributed by atoms with Crippen molar-refractivity contribution >= 4 is 14.1 Å². The minimum atomic E-state index is -0.471. The van der Waals surface area contributed by atoms with Crippen molar-refractivity contribution in [2.24, 2.45) is 0 Å². The molecule has 0 saturated carbocycles. The molecule has 144 valence electrons. The molecule has 0 aromatic heterocycles. The lowest BCUT2D eigenvalue weighted by atomic mass is 10.1. The van der Waals surface area contributed by atoms with Gasteiger partial charge < -0.3 is 0 Å². The molecule has 0 atom stereocenters. The van der Waals surface area contributed by atoms with E-state index in [1.54, 1.807) is 15.8 Å². The van der Waals surface area contributed by atoms with Gasteiger partial charge in [0.15, 0.2) is 0 Å². The zero-order valence-electron chi connectivity index (χ0n) is 17.2. The Morgan fingerprint density at radius 3 is 0.960 bits per heavy atom. The van der Waals surface area contributed by atoms with E-state index in [0.717, 1.165) is 0 Å². The van der Waals surface area contributed by atoms with E-state index in [9.17, 15) is 0 Å². The van der Waals surface area contributed by atoms with Gasteiger partial charge in [0.25, 0.3) is 14.1 Å². The van der Waals surface area contributed by atoms with Crippen LogP contribution in [0.1, 0.15) is 96.3 Å². The van der Waals surface area contributed by atoms with Gasteiger partial charge in [-0.1, -0.05) is 91.9 Å². The molecule has 0 fully saturated rings. The Balaban J connectivity index is 3.81. The number of unbranched alkanes of at least 4 members (excludes halogenated alkanes) is 12. The first-order valence-electron chi connectivity index (χ1n) is 11.2. The van der Waals surface area contributed by atoms with Crippen molar-refractivity contribution in [2.75, 3.05) is 0 Å². The average molecular weight is 361 g/mol. The van der Waals surface area contributed by atoms with E-state index in [0.29, 0.717) is 0 Å². The van der Waals surface area contributed by atoms with Gasteiger partial charge in [-0.2, -0.15) is 0 Å². The Morgan fingerprint density at radius 1 is 0.400 bits per heavy atom. The predicted molar refractivity (Wildman–Crippen MR) is 120 cm³/mol. The minimum absolute atomic E-state index is 0.471. The smallest absolute Gasteiger partial charge is 0.103 e. The maximum absolute atomic E-state index is 3.82. The molecule has 0 radical (unpaired) electrons. The Bertz CT molecular complexity index is 247. The van der Waals surface area contributed by atoms with Crippen LogP contribution in [0.5, 0.6) is 0 Å². The fourth-order valence-corrected chi connectivity index (χ4v) is 7.12. The van der Waals surface area contributed by atoms with Crippen LogP contribution < -0.4 is 0 Å². The van der Waals surface area contributed by atoms with Crippen molar-refractivity contribution in [3.05, 3.63) is 38.0 Å². The summed E-state index contributed by atoms with van der Waals surface area (Å²) in [6, 6.07) is 0. The van der Waals surface area contributed by atoms with Gasteiger partial charge in [-0.05, 0) is 38.5 Å². The summed E-state index contributed by atoms with van der Waals surface area (Å²) >= 11 is -0.471. The predicted octanol–water partition coefficient (Wildman–Crippen LogP) is 8.89. The third-order valence-electron chi connectivity index (χ3n) is 5.31. The topological polar surface area (TPSA) is 0 Å². The van der Waals surface area contributed by atoms with Gasteiger partial charge in [-0.3, -0.25) is 0 Å². The second-order valence-electron chi connectivity index (χ2n) is 7.71. The molecule has 0 rings (SSSR count). The lowest BCUT2D eigenvalue weighted by Gasteiger charge is -2.12. The van der Waals surface area contributed by atoms with Gasteiger partial charge >= 0.3 is 0 Å². The van der Waals surface area contributed by atoms with Crippen LogP contribution in [0.4, 0.5) is 0 Å². The molecule has 1 heteroatoms. The summed E-state index contributed by atoms with van der Waals surface area (Å²) in [6.07, 6.45) is 27.0. The molecule has 0 saturated heterocycles. The van der Waals surface area contributed by atoms with Gasteiger partial charge in [-0.25, -0.2) is 0 Å². The largest absolute Gasteiger partial charge is 0.261 e. The number of allylic oxidation sites excluding steroid dienone is 3. The van der Waals surface area contributed by atoms with Gasteiger partial charge in [0.2, 0.25) is 0 Å². The van der Waals surface area contributed by atoms with E-state index in [-0.39, 0.29) is 0 Å². The van der Waals surface area contributed by atoms with Gasteiger partial charge in [0, 0.05) is 0 Å². The fourth-order valence-electron chi connectivity index (χ4n) is 3.66. The molecule has 0 N–H and O–H groups in total. The van der Waals surface area contributed by atoms with Crippen molar-refractivity contribution in [1.82, 2.24) is 0 Å². The van der Waals surface area contributed by atoms with Crippen LogP contribution in [0.3, 0.4) is 0 Å². The van der Waals surface area contributed by atoms with Crippen LogP contribution in [0, 0.1) is 0 Å². The second-order valence-corrected chi connectivity index (χ2v) is 11.2. The van der Waals surface area contributed by atoms with Crippen LogP contribution in [0.2, 0.25) is 15.8 Å². The number of hydrogen-bond donors (Lipinski definition) is 0. The highest BCUT2D eigenvalue weighted by atomic mass is 27.2. The summed E-state index contributed by atoms with van der Waals surface area (Å²) in [6.45, 7) is 11.5. The Hall–Kier alpha value is -0.248. The van der Waals surface area contributed by atoms with Gasteiger partial charge in [-0.15, -0.1) is 19.7 Å². The van der Waals surface area contributed by atoms with Crippen LogP contribution in [-0.4, -0.2) is 14.1 Å². The Labute approximate surface area is 164 Å². The zero-order valence-corrected chi connectivity index (χ0v) is 18.3. The number of hydrogen-bond acceptors (Lipinski definition) is 0. The van der Waals surface area contributed by atoms with E-state index in [4.69, 9.17) is 0 Å². The van der Waals surface area contributed by atoms with E-state index in [1.165, 1.54) is 96.3 Å². The van der Waals surface area contributed by atoms with Crippen LogP contribution in [-0.2, 0) is 0 Å². The lowest BCUT2D eigenvalue weighted by Crippen LogP contribution is -2.12. The second kappa shape index (κ2) is 21.8. The molecule has 0 aromatic rings. The highest BCUT2D eigenvalue weighted by molar-refractivity contribution is 6.58. The van der Waals surface area contributed by atoms with Crippen molar-refractivity contribution in [3.8, 4) is 0 Å². The molecule has 0 unspecified atom stereocenters. The third-order valence-corrected chi connectivity index (χ3v) is 8.99. The first kappa shape index (κ1) is 24.8. The van der Waals surface area contributed by atoms with Crippen molar-refractivity contribution in [1.29, 1.82) is 0 Å². The van der Waals surface area contributed by atoms with Crippen LogP contribution in [0.25, 0.3) is 0 Å². The number of rotatable bonds is 21. The van der Waals surface area contributed by atoms with Crippen molar-refractivity contribution in [2.45, 2.75) is 112 Å². The quantitative estimate of drug-likeness (QED) is 0.109.